The number of rotatable bonds is 6. The minimum atomic E-state index is -0.122. The summed E-state index contributed by atoms with van der Waals surface area (Å²) in [5, 5.41) is 10.0. The van der Waals surface area contributed by atoms with Crippen molar-refractivity contribution in [3.8, 4) is 11.5 Å². The minimum Gasteiger partial charge on any atom is -0.507 e. The van der Waals surface area contributed by atoms with Crippen LogP contribution in [0.3, 0.4) is 0 Å². The van der Waals surface area contributed by atoms with Gasteiger partial charge in [0.15, 0.2) is 0 Å². The van der Waals surface area contributed by atoms with Gasteiger partial charge in [-0.25, -0.2) is 0 Å². The Hall–Kier alpha value is -1.71. The highest BCUT2D eigenvalue weighted by atomic mass is 35.5. The summed E-state index contributed by atoms with van der Waals surface area (Å²) in [6.07, 6.45) is 1.85. The molecule has 4 heteroatoms. The van der Waals surface area contributed by atoms with E-state index in [1.54, 1.807) is 6.07 Å². The van der Waals surface area contributed by atoms with Crippen molar-refractivity contribution in [2.45, 2.75) is 32.4 Å². The number of hydrogen-bond acceptors (Lipinski definition) is 3. The molecule has 3 nitrogen and oxygen atoms in total. The number of hydrogen-bond donors (Lipinski definition) is 2. The lowest BCUT2D eigenvalue weighted by atomic mass is 10.0. The molecule has 2 aromatic rings. The van der Waals surface area contributed by atoms with Crippen LogP contribution in [0.15, 0.2) is 48.5 Å². The van der Waals surface area contributed by atoms with Crippen molar-refractivity contribution in [1.29, 1.82) is 0 Å². The lowest BCUT2D eigenvalue weighted by molar-refractivity contribution is 0.304. The molecule has 0 unspecified atom stereocenters. The number of benzene rings is 2. The number of nitrogens with two attached hydrogens (primary N) is 1. The van der Waals surface area contributed by atoms with Crippen LogP contribution in [0, 0.1) is 0 Å². The first kappa shape index (κ1) is 17.3. The van der Waals surface area contributed by atoms with E-state index in [0.717, 1.165) is 24.0 Å². The van der Waals surface area contributed by atoms with E-state index < -0.39 is 0 Å². The predicted molar refractivity (Wildman–Crippen MR) is 88.0 cm³/mol. The van der Waals surface area contributed by atoms with Gasteiger partial charge in [0.25, 0.3) is 0 Å². The van der Waals surface area contributed by atoms with E-state index >= 15 is 0 Å². The summed E-state index contributed by atoms with van der Waals surface area (Å²) in [4.78, 5) is 0. The topological polar surface area (TPSA) is 55.5 Å². The van der Waals surface area contributed by atoms with Gasteiger partial charge < -0.3 is 15.6 Å². The van der Waals surface area contributed by atoms with Crippen LogP contribution in [-0.4, -0.2) is 5.11 Å². The molecular weight excluding hydrogens is 286 g/mol. The first-order valence-electron chi connectivity index (χ1n) is 6.96. The van der Waals surface area contributed by atoms with E-state index in [1.807, 2.05) is 42.5 Å². The first-order valence-corrected chi connectivity index (χ1v) is 6.96. The van der Waals surface area contributed by atoms with Crippen molar-refractivity contribution < 1.29 is 9.84 Å². The Labute approximate surface area is 132 Å². The third-order valence-electron chi connectivity index (χ3n) is 3.25. The van der Waals surface area contributed by atoms with Crippen LogP contribution < -0.4 is 10.5 Å². The van der Waals surface area contributed by atoms with Crippen molar-refractivity contribution in [3.05, 3.63) is 59.7 Å². The molecule has 114 valence electrons. The van der Waals surface area contributed by atoms with Crippen LogP contribution in [0.1, 0.15) is 36.9 Å². The van der Waals surface area contributed by atoms with Gasteiger partial charge in [0.2, 0.25) is 0 Å². The molecule has 0 amide bonds. The summed E-state index contributed by atoms with van der Waals surface area (Å²) in [5.41, 5.74) is 7.89. The third-order valence-corrected chi connectivity index (χ3v) is 3.25. The van der Waals surface area contributed by atoms with E-state index in [4.69, 9.17) is 10.5 Å². The van der Waals surface area contributed by atoms with Crippen molar-refractivity contribution in [3.63, 3.8) is 0 Å². The van der Waals surface area contributed by atoms with Crippen molar-refractivity contribution in [2.24, 2.45) is 5.73 Å². The number of aromatic hydroxyl groups is 1. The standard InChI is InChI=1S/C17H21NO2.ClH/c1-2-6-16(18)15-10-9-14(11-17(15)19)20-12-13-7-4-3-5-8-13;/h3-5,7-11,16,19H,2,6,12,18H2,1H3;1H/t16-;/m1./s1. The summed E-state index contributed by atoms with van der Waals surface area (Å²) in [5.74, 6) is 0.857. The van der Waals surface area contributed by atoms with E-state index in [2.05, 4.69) is 6.92 Å². The molecule has 2 rings (SSSR count). The Morgan fingerprint density at radius 1 is 1.14 bits per heavy atom. The molecule has 0 aliphatic rings. The molecule has 0 bridgehead atoms. The van der Waals surface area contributed by atoms with Gasteiger partial charge in [0.05, 0.1) is 0 Å². The Kier molecular flexibility index (Phi) is 7.06. The van der Waals surface area contributed by atoms with Gasteiger partial charge in [-0.15, -0.1) is 12.4 Å². The molecule has 1 atom stereocenters. The maximum Gasteiger partial charge on any atom is 0.124 e. The quantitative estimate of drug-likeness (QED) is 0.841. The molecule has 0 radical (unpaired) electrons. The van der Waals surface area contributed by atoms with Gasteiger partial charge in [-0.3, -0.25) is 0 Å². The normalized spacial score (nSPS) is 11.5. The predicted octanol–water partition coefficient (Wildman–Crippen LogP) is 4.19. The Morgan fingerprint density at radius 3 is 2.48 bits per heavy atom. The number of phenols is 1. The number of ether oxygens (including phenoxy) is 1. The van der Waals surface area contributed by atoms with Gasteiger partial charge >= 0.3 is 0 Å². The molecule has 0 aliphatic carbocycles. The summed E-state index contributed by atoms with van der Waals surface area (Å²) in [7, 11) is 0. The molecule has 0 heterocycles. The zero-order valence-electron chi connectivity index (χ0n) is 12.2. The highest BCUT2D eigenvalue weighted by Gasteiger charge is 2.10. The van der Waals surface area contributed by atoms with Crippen molar-refractivity contribution in [2.75, 3.05) is 0 Å². The summed E-state index contributed by atoms with van der Waals surface area (Å²) < 4.78 is 5.67. The van der Waals surface area contributed by atoms with Gasteiger partial charge in [-0.05, 0) is 18.1 Å². The van der Waals surface area contributed by atoms with Gasteiger partial charge in [-0.2, -0.15) is 0 Å². The van der Waals surface area contributed by atoms with Gasteiger partial charge in [0.1, 0.15) is 18.1 Å². The van der Waals surface area contributed by atoms with E-state index in [1.165, 1.54) is 0 Å². The summed E-state index contributed by atoms with van der Waals surface area (Å²) >= 11 is 0. The fourth-order valence-electron chi connectivity index (χ4n) is 2.13. The lowest BCUT2D eigenvalue weighted by Gasteiger charge is -2.14. The molecule has 3 N–H and O–H groups in total. The molecule has 0 saturated heterocycles. The fraction of sp³-hybridized carbons (Fsp3) is 0.294. The summed E-state index contributed by atoms with van der Waals surface area (Å²) in [6, 6.07) is 15.1. The van der Waals surface area contributed by atoms with Crippen LogP contribution in [0.4, 0.5) is 0 Å². The Morgan fingerprint density at radius 2 is 1.86 bits per heavy atom. The Balaban J connectivity index is 0.00000220. The molecule has 0 aromatic heterocycles. The average molecular weight is 308 g/mol. The maximum absolute atomic E-state index is 10.0. The SMILES string of the molecule is CCC[C@@H](N)c1ccc(OCc2ccccc2)cc1O.Cl. The molecule has 2 aromatic carbocycles. The van der Waals surface area contributed by atoms with Crippen LogP contribution in [0.2, 0.25) is 0 Å². The van der Waals surface area contributed by atoms with Gasteiger partial charge in [-0.1, -0.05) is 49.7 Å². The van der Waals surface area contributed by atoms with Crippen molar-refractivity contribution in [1.82, 2.24) is 0 Å². The van der Waals surface area contributed by atoms with Gasteiger partial charge in [0, 0.05) is 17.7 Å². The second kappa shape index (κ2) is 8.55. The monoisotopic (exact) mass is 307 g/mol. The molecule has 0 saturated carbocycles. The highest BCUT2D eigenvalue weighted by molar-refractivity contribution is 5.85. The molecular formula is C17H22ClNO2. The molecule has 21 heavy (non-hydrogen) atoms. The van der Waals surface area contributed by atoms with E-state index in [0.29, 0.717) is 12.4 Å². The van der Waals surface area contributed by atoms with Crippen LogP contribution in [-0.2, 0) is 6.61 Å². The van der Waals surface area contributed by atoms with E-state index in [9.17, 15) is 5.11 Å². The molecule has 0 spiro atoms. The largest absolute Gasteiger partial charge is 0.507 e. The van der Waals surface area contributed by atoms with Crippen LogP contribution >= 0.6 is 12.4 Å². The first-order chi connectivity index (χ1) is 9.70. The minimum absolute atomic E-state index is 0. The second-order valence-corrected chi connectivity index (χ2v) is 4.89. The highest BCUT2D eigenvalue weighted by Crippen LogP contribution is 2.29. The van der Waals surface area contributed by atoms with Crippen LogP contribution in [0.5, 0.6) is 11.5 Å². The number of phenolic OH excluding ortho intramolecular Hbond substituents is 1. The third kappa shape index (κ3) is 4.96. The molecule has 0 fully saturated rings. The van der Waals surface area contributed by atoms with E-state index in [-0.39, 0.29) is 24.2 Å². The smallest absolute Gasteiger partial charge is 0.124 e. The summed E-state index contributed by atoms with van der Waals surface area (Å²) in [6.45, 7) is 2.56. The average Bonchev–Trinajstić information content (AvgIpc) is 2.46. The Bertz CT molecular complexity index is 546. The molecule has 0 aliphatic heterocycles. The van der Waals surface area contributed by atoms with Crippen molar-refractivity contribution >= 4 is 12.4 Å². The maximum atomic E-state index is 10.0. The fourth-order valence-corrected chi connectivity index (χ4v) is 2.13. The zero-order chi connectivity index (χ0) is 14.4. The lowest BCUT2D eigenvalue weighted by Crippen LogP contribution is -2.09. The zero-order valence-corrected chi connectivity index (χ0v) is 13.0. The van der Waals surface area contributed by atoms with Crippen LogP contribution in [0.25, 0.3) is 0 Å². The number of halogens is 1. The second-order valence-electron chi connectivity index (χ2n) is 4.89.